The Morgan fingerprint density at radius 1 is 1.11 bits per heavy atom. The Kier molecular flexibility index (Phi) is 2.42. The van der Waals surface area contributed by atoms with Crippen molar-refractivity contribution in [2.24, 2.45) is 5.16 Å². The van der Waals surface area contributed by atoms with Crippen LogP contribution in [0.5, 0.6) is 0 Å². The lowest BCUT2D eigenvalue weighted by atomic mass is 10.1. The van der Waals surface area contributed by atoms with Gasteiger partial charge in [0.05, 0.1) is 10.3 Å². The van der Waals surface area contributed by atoms with Gasteiger partial charge in [0, 0.05) is 17.5 Å². The fourth-order valence-corrected chi connectivity index (χ4v) is 2.03. The molecular formula is C13H8N2O4. The van der Waals surface area contributed by atoms with Crippen LogP contribution in [0, 0.1) is 10.1 Å². The Hall–Kier alpha value is -2.89. The average Bonchev–Trinajstić information content (AvgIpc) is 2.44. The number of rotatable bonds is 1. The average molecular weight is 256 g/mol. The summed E-state index contributed by atoms with van der Waals surface area (Å²) < 4.78 is 5.63. The van der Waals surface area contributed by atoms with Gasteiger partial charge in [-0.2, -0.15) is 0 Å². The number of para-hydroxylation sites is 1. The monoisotopic (exact) mass is 256 g/mol. The first-order valence-corrected chi connectivity index (χ1v) is 5.49. The van der Waals surface area contributed by atoms with E-state index in [1.165, 1.54) is 18.2 Å². The zero-order valence-corrected chi connectivity index (χ0v) is 9.61. The molecule has 0 saturated heterocycles. The van der Waals surface area contributed by atoms with Crippen LogP contribution < -0.4 is 5.36 Å². The highest BCUT2D eigenvalue weighted by Gasteiger charge is 2.11. The molecule has 0 spiro atoms. The molecule has 1 aromatic heterocycles. The van der Waals surface area contributed by atoms with Gasteiger partial charge in [0.2, 0.25) is 0 Å². The molecule has 0 amide bonds. The van der Waals surface area contributed by atoms with E-state index in [0.717, 1.165) is 0 Å². The lowest BCUT2D eigenvalue weighted by Crippen LogP contribution is -2.05. The Labute approximate surface area is 106 Å². The molecule has 2 aromatic carbocycles. The number of nitrogens with zero attached hydrogens (tertiary/aromatic N) is 2. The summed E-state index contributed by atoms with van der Waals surface area (Å²) in [5, 5.41) is 24.5. The number of hydrogen-bond acceptors (Lipinski definition) is 5. The van der Waals surface area contributed by atoms with E-state index in [9.17, 15) is 15.3 Å². The van der Waals surface area contributed by atoms with Crippen LogP contribution in [-0.2, 0) is 0 Å². The highest BCUT2D eigenvalue weighted by Crippen LogP contribution is 2.22. The highest BCUT2D eigenvalue weighted by atomic mass is 16.6. The van der Waals surface area contributed by atoms with Crippen LogP contribution in [-0.4, -0.2) is 10.1 Å². The van der Waals surface area contributed by atoms with Crippen molar-refractivity contribution in [3.63, 3.8) is 0 Å². The molecule has 0 atom stereocenters. The summed E-state index contributed by atoms with van der Waals surface area (Å²) in [5.74, 6) is 0. The van der Waals surface area contributed by atoms with Crippen molar-refractivity contribution < 1.29 is 14.5 Å². The molecule has 0 aliphatic rings. The molecule has 6 nitrogen and oxygen atoms in total. The molecule has 0 aliphatic heterocycles. The lowest BCUT2D eigenvalue weighted by Gasteiger charge is -2.02. The van der Waals surface area contributed by atoms with Gasteiger partial charge in [-0.15, -0.1) is 0 Å². The summed E-state index contributed by atoms with van der Waals surface area (Å²) in [6, 6.07) is 11.2. The number of nitro benzene ring substituents is 1. The maximum atomic E-state index is 10.8. The van der Waals surface area contributed by atoms with Gasteiger partial charge in [0.1, 0.15) is 16.5 Å². The molecule has 1 N–H and O–H groups in total. The highest BCUT2D eigenvalue weighted by molar-refractivity contribution is 5.90. The van der Waals surface area contributed by atoms with Crippen molar-refractivity contribution in [3.05, 3.63) is 57.9 Å². The molecular weight excluding hydrogens is 248 g/mol. The normalized spacial score (nSPS) is 12.1. The van der Waals surface area contributed by atoms with Crippen LogP contribution in [0.3, 0.4) is 0 Å². The third-order valence-corrected chi connectivity index (χ3v) is 2.89. The minimum absolute atomic E-state index is 0.0807. The fourth-order valence-electron chi connectivity index (χ4n) is 2.03. The van der Waals surface area contributed by atoms with E-state index >= 15 is 0 Å². The van der Waals surface area contributed by atoms with Crippen LogP contribution in [0.1, 0.15) is 0 Å². The summed E-state index contributed by atoms with van der Waals surface area (Å²) in [5.41, 5.74) is 0.900. The van der Waals surface area contributed by atoms with Gasteiger partial charge in [-0.1, -0.05) is 17.3 Å². The van der Waals surface area contributed by atoms with Gasteiger partial charge >= 0.3 is 0 Å². The molecule has 0 fully saturated rings. The second kappa shape index (κ2) is 4.09. The minimum atomic E-state index is -0.504. The van der Waals surface area contributed by atoms with E-state index in [1.807, 2.05) is 0 Å². The Balaban J connectivity index is 2.54. The van der Waals surface area contributed by atoms with Gasteiger partial charge in [-0.3, -0.25) is 10.1 Å². The van der Waals surface area contributed by atoms with Crippen LogP contribution in [0.2, 0.25) is 0 Å². The first kappa shape index (κ1) is 11.2. The van der Waals surface area contributed by atoms with Gasteiger partial charge in [-0.05, 0) is 18.2 Å². The third kappa shape index (κ3) is 1.70. The zero-order chi connectivity index (χ0) is 13.4. The summed E-state index contributed by atoms with van der Waals surface area (Å²) in [6.07, 6.45) is 0. The second-order valence-electron chi connectivity index (χ2n) is 3.98. The maximum Gasteiger partial charge on any atom is 0.270 e. The Morgan fingerprint density at radius 2 is 1.84 bits per heavy atom. The quantitative estimate of drug-likeness (QED) is 0.314. The molecule has 0 saturated carbocycles. The van der Waals surface area contributed by atoms with E-state index in [-0.39, 0.29) is 11.0 Å². The Morgan fingerprint density at radius 3 is 2.58 bits per heavy atom. The smallest absolute Gasteiger partial charge is 0.270 e. The molecule has 3 rings (SSSR count). The number of non-ortho nitro benzene ring substituents is 1. The van der Waals surface area contributed by atoms with E-state index in [1.54, 1.807) is 24.3 Å². The number of hydrogen-bond donors (Lipinski definition) is 1. The second-order valence-corrected chi connectivity index (χ2v) is 3.98. The standard InChI is InChI=1S/C13H8N2O4/c16-14-13-9-3-1-2-4-11(9)19-12-6-5-8(15(17)18)7-10(12)13/h1-7,16H. The van der Waals surface area contributed by atoms with Crippen molar-refractivity contribution in [2.45, 2.75) is 0 Å². The third-order valence-electron chi connectivity index (χ3n) is 2.89. The minimum Gasteiger partial charge on any atom is -0.456 e. The first-order valence-electron chi connectivity index (χ1n) is 5.49. The van der Waals surface area contributed by atoms with Crippen LogP contribution in [0.4, 0.5) is 5.69 Å². The molecule has 94 valence electrons. The van der Waals surface area contributed by atoms with Crippen molar-refractivity contribution in [2.75, 3.05) is 0 Å². The largest absolute Gasteiger partial charge is 0.456 e. The predicted molar refractivity (Wildman–Crippen MR) is 67.7 cm³/mol. The topological polar surface area (TPSA) is 88.9 Å². The fraction of sp³-hybridized carbons (Fsp3) is 0. The molecule has 1 heterocycles. The van der Waals surface area contributed by atoms with Crippen molar-refractivity contribution in [1.82, 2.24) is 0 Å². The van der Waals surface area contributed by atoms with Gasteiger partial charge < -0.3 is 9.62 Å². The zero-order valence-electron chi connectivity index (χ0n) is 9.61. The molecule has 19 heavy (non-hydrogen) atoms. The SMILES string of the molecule is O=[N+]([O-])c1ccc2oc3ccccc3c(=NO)c2c1. The van der Waals surface area contributed by atoms with E-state index in [2.05, 4.69) is 5.16 Å². The van der Waals surface area contributed by atoms with E-state index in [0.29, 0.717) is 21.9 Å². The molecule has 0 aliphatic carbocycles. The number of fused-ring (bicyclic) bond motifs is 2. The lowest BCUT2D eigenvalue weighted by molar-refractivity contribution is -0.384. The van der Waals surface area contributed by atoms with Crippen molar-refractivity contribution in [3.8, 4) is 0 Å². The first-order chi connectivity index (χ1) is 9.20. The van der Waals surface area contributed by atoms with E-state index < -0.39 is 4.92 Å². The van der Waals surface area contributed by atoms with Crippen LogP contribution in [0.15, 0.2) is 52.0 Å². The number of nitro groups is 1. The molecule has 6 heteroatoms. The van der Waals surface area contributed by atoms with Gasteiger partial charge in [0.25, 0.3) is 5.69 Å². The molecule has 0 radical (unpaired) electrons. The predicted octanol–water partition coefficient (Wildman–Crippen LogP) is 2.78. The molecule has 3 aromatic rings. The van der Waals surface area contributed by atoms with Crippen molar-refractivity contribution >= 4 is 27.6 Å². The summed E-state index contributed by atoms with van der Waals surface area (Å²) >= 11 is 0. The van der Waals surface area contributed by atoms with Gasteiger partial charge in [-0.25, -0.2) is 0 Å². The summed E-state index contributed by atoms with van der Waals surface area (Å²) in [7, 11) is 0. The molecule has 0 unspecified atom stereocenters. The molecule has 0 bridgehead atoms. The summed E-state index contributed by atoms with van der Waals surface area (Å²) in [4.78, 5) is 10.3. The van der Waals surface area contributed by atoms with Crippen LogP contribution in [0.25, 0.3) is 21.9 Å². The maximum absolute atomic E-state index is 10.8. The van der Waals surface area contributed by atoms with Gasteiger partial charge in [0.15, 0.2) is 0 Å². The Bertz CT molecular complexity index is 867. The number of benzene rings is 2. The van der Waals surface area contributed by atoms with E-state index in [4.69, 9.17) is 4.42 Å². The van der Waals surface area contributed by atoms with Crippen LogP contribution >= 0.6 is 0 Å². The van der Waals surface area contributed by atoms with Crippen molar-refractivity contribution in [1.29, 1.82) is 0 Å². The summed E-state index contributed by atoms with van der Waals surface area (Å²) in [6.45, 7) is 0.